The van der Waals surface area contributed by atoms with E-state index >= 15 is 0 Å². The Morgan fingerprint density at radius 3 is 2.74 bits per heavy atom. The van der Waals surface area contributed by atoms with Crippen molar-refractivity contribution in [3.63, 3.8) is 0 Å². The van der Waals surface area contributed by atoms with E-state index in [-0.39, 0.29) is 10.6 Å². The highest BCUT2D eigenvalue weighted by molar-refractivity contribution is 9.10. The predicted octanol–water partition coefficient (Wildman–Crippen LogP) is 2.90. The monoisotopic (exact) mass is 326 g/mol. The van der Waals surface area contributed by atoms with Crippen LogP contribution >= 0.6 is 15.9 Å². The van der Waals surface area contributed by atoms with Gasteiger partial charge in [0.15, 0.2) is 17.3 Å². The van der Waals surface area contributed by atoms with Gasteiger partial charge in [-0.1, -0.05) is 15.9 Å². The molecule has 0 fully saturated rings. The Morgan fingerprint density at radius 2 is 2.11 bits per heavy atom. The van der Waals surface area contributed by atoms with Crippen LogP contribution in [0.25, 0.3) is 0 Å². The number of aryl methyl sites for hydroxylation is 1. The van der Waals surface area contributed by atoms with Crippen molar-refractivity contribution < 1.29 is 19.1 Å². The molecule has 1 aromatic carbocycles. The summed E-state index contributed by atoms with van der Waals surface area (Å²) in [4.78, 5) is 23.2. The topological polar surface area (TPSA) is 52.6 Å². The molecule has 0 aliphatic heterocycles. The number of rotatable bonds is 2. The quantitative estimate of drug-likeness (QED) is 0.363. The molecule has 0 saturated heterocycles. The number of hydrogen-bond acceptors (Lipinski definition) is 4. The van der Waals surface area contributed by atoms with Gasteiger partial charge in [0, 0.05) is 12.5 Å². The summed E-state index contributed by atoms with van der Waals surface area (Å²) in [5.41, 5.74) is 1.55. The fourth-order valence-corrected chi connectivity index (χ4v) is 2.77. The molecule has 1 aromatic rings. The summed E-state index contributed by atoms with van der Waals surface area (Å²) in [6.07, 6.45) is 2.56. The molecular formula is C14H15BrO4. The third kappa shape index (κ3) is 2.97. The maximum atomic E-state index is 12.2. The Hall–Kier alpha value is -1.36. The summed E-state index contributed by atoms with van der Waals surface area (Å²) >= 11 is 3.40. The van der Waals surface area contributed by atoms with E-state index in [0.29, 0.717) is 17.1 Å². The van der Waals surface area contributed by atoms with E-state index in [4.69, 9.17) is 9.47 Å². The highest BCUT2D eigenvalue weighted by atomic mass is 79.9. The molecule has 19 heavy (non-hydrogen) atoms. The van der Waals surface area contributed by atoms with Gasteiger partial charge in [-0.25, -0.2) is 0 Å². The summed E-state index contributed by atoms with van der Waals surface area (Å²) in [6, 6.07) is 3.40. The maximum Gasteiger partial charge on any atom is 0.308 e. The van der Waals surface area contributed by atoms with Gasteiger partial charge in [0.1, 0.15) is 0 Å². The zero-order valence-electron chi connectivity index (χ0n) is 10.9. The minimum Gasteiger partial charge on any atom is -0.493 e. The molecule has 0 radical (unpaired) electrons. The van der Waals surface area contributed by atoms with Crippen LogP contribution < -0.4 is 9.47 Å². The van der Waals surface area contributed by atoms with Crippen LogP contribution in [0.2, 0.25) is 0 Å². The fraction of sp³-hybridized carbons (Fsp3) is 0.429. The van der Waals surface area contributed by atoms with Gasteiger partial charge >= 0.3 is 5.97 Å². The Kier molecular flexibility index (Phi) is 4.24. The first-order chi connectivity index (χ1) is 9.02. The number of hydrogen-bond donors (Lipinski definition) is 0. The molecule has 1 unspecified atom stereocenters. The summed E-state index contributed by atoms with van der Waals surface area (Å²) in [6.45, 7) is 1.32. The third-order valence-corrected chi connectivity index (χ3v) is 3.97. The van der Waals surface area contributed by atoms with Crippen molar-refractivity contribution in [3.8, 4) is 11.5 Å². The number of benzene rings is 1. The number of ether oxygens (including phenoxy) is 2. The van der Waals surface area contributed by atoms with Crippen LogP contribution in [-0.2, 0) is 11.2 Å². The molecular weight excluding hydrogens is 312 g/mol. The van der Waals surface area contributed by atoms with Crippen LogP contribution in [0.1, 0.15) is 35.7 Å². The second kappa shape index (κ2) is 5.74. The molecule has 0 bridgehead atoms. The smallest absolute Gasteiger partial charge is 0.308 e. The van der Waals surface area contributed by atoms with Crippen LogP contribution in [0, 0.1) is 0 Å². The second-order valence-electron chi connectivity index (χ2n) is 4.48. The van der Waals surface area contributed by atoms with E-state index in [2.05, 4.69) is 15.9 Å². The molecule has 0 saturated carbocycles. The van der Waals surface area contributed by atoms with Crippen molar-refractivity contribution in [2.75, 3.05) is 7.11 Å². The Bertz CT molecular complexity index is 524. The standard InChI is InChI=1S/C14H15BrO4/c1-8(16)19-13-7-10-9(6-12(13)18-2)4-3-5-11(15)14(10)17/h6-7,11H,3-5H2,1-2H3. The first-order valence-corrected chi connectivity index (χ1v) is 7.02. The number of esters is 1. The average Bonchev–Trinajstić information content (AvgIpc) is 2.49. The lowest BCUT2D eigenvalue weighted by molar-refractivity contribution is -0.132. The molecule has 0 heterocycles. The Balaban J connectivity index is 2.51. The van der Waals surface area contributed by atoms with Crippen LogP contribution in [0.5, 0.6) is 11.5 Å². The minimum absolute atomic E-state index is 0.0311. The van der Waals surface area contributed by atoms with Gasteiger partial charge in [0.05, 0.1) is 11.9 Å². The minimum atomic E-state index is -0.435. The van der Waals surface area contributed by atoms with Crippen LogP contribution in [0.3, 0.4) is 0 Å². The van der Waals surface area contributed by atoms with E-state index in [1.165, 1.54) is 14.0 Å². The van der Waals surface area contributed by atoms with E-state index in [9.17, 15) is 9.59 Å². The number of carbonyl (C=O) groups excluding carboxylic acids is 2. The fourth-order valence-electron chi connectivity index (χ4n) is 2.20. The second-order valence-corrected chi connectivity index (χ2v) is 5.58. The normalized spacial score (nSPS) is 18.5. The molecule has 5 heteroatoms. The molecule has 102 valence electrons. The van der Waals surface area contributed by atoms with Gasteiger partial charge in [0.2, 0.25) is 0 Å². The molecule has 1 aliphatic carbocycles. The average molecular weight is 327 g/mol. The zero-order valence-corrected chi connectivity index (χ0v) is 12.5. The van der Waals surface area contributed by atoms with Crippen molar-refractivity contribution >= 4 is 27.7 Å². The largest absolute Gasteiger partial charge is 0.493 e. The van der Waals surface area contributed by atoms with Gasteiger partial charge in [-0.05, 0) is 37.0 Å². The summed E-state index contributed by atoms with van der Waals surface area (Å²) in [5, 5.41) is 0. The van der Waals surface area contributed by atoms with Crippen molar-refractivity contribution in [2.45, 2.75) is 31.0 Å². The Labute approximate surface area is 120 Å². The lowest BCUT2D eigenvalue weighted by atomic mass is 10.0. The van der Waals surface area contributed by atoms with Crippen molar-refractivity contribution in [3.05, 3.63) is 23.3 Å². The zero-order chi connectivity index (χ0) is 14.0. The lowest BCUT2D eigenvalue weighted by Crippen LogP contribution is -2.14. The molecule has 0 amide bonds. The lowest BCUT2D eigenvalue weighted by Gasteiger charge is -2.13. The molecule has 4 nitrogen and oxygen atoms in total. The van der Waals surface area contributed by atoms with E-state index in [1.807, 2.05) is 0 Å². The molecule has 1 atom stereocenters. The van der Waals surface area contributed by atoms with Crippen LogP contribution in [-0.4, -0.2) is 23.7 Å². The SMILES string of the molecule is COc1cc2c(cc1OC(C)=O)C(=O)C(Br)CCC2. The van der Waals surface area contributed by atoms with Crippen LogP contribution in [0.15, 0.2) is 12.1 Å². The number of carbonyl (C=O) groups is 2. The molecule has 0 aromatic heterocycles. The molecule has 1 aliphatic rings. The van der Waals surface area contributed by atoms with Gasteiger partial charge in [-0.2, -0.15) is 0 Å². The number of halogens is 1. The molecule has 2 rings (SSSR count). The third-order valence-electron chi connectivity index (χ3n) is 3.10. The Morgan fingerprint density at radius 1 is 1.37 bits per heavy atom. The van der Waals surface area contributed by atoms with Crippen molar-refractivity contribution in [2.24, 2.45) is 0 Å². The maximum absolute atomic E-state index is 12.2. The van der Waals surface area contributed by atoms with Gasteiger partial charge < -0.3 is 9.47 Å². The van der Waals surface area contributed by atoms with Crippen molar-refractivity contribution in [1.29, 1.82) is 0 Å². The van der Waals surface area contributed by atoms with Gasteiger partial charge in [-0.15, -0.1) is 0 Å². The number of Topliss-reactive ketones (excluding diaryl/α,β-unsaturated/α-hetero) is 1. The summed E-state index contributed by atoms with van der Waals surface area (Å²) in [7, 11) is 1.51. The highest BCUT2D eigenvalue weighted by Crippen LogP contribution is 2.35. The number of methoxy groups -OCH3 is 1. The number of ketones is 1. The van der Waals surface area contributed by atoms with E-state index in [1.54, 1.807) is 12.1 Å². The first-order valence-electron chi connectivity index (χ1n) is 6.10. The van der Waals surface area contributed by atoms with Crippen LogP contribution in [0.4, 0.5) is 0 Å². The number of fused-ring (bicyclic) bond motifs is 1. The van der Waals surface area contributed by atoms with Crippen molar-refractivity contribution in [1.82, 2.24) is 0 Å². The van der Waals surface area contributed by atoms with Gasteiger partial charge in [0.25, 0.3) is 0 Å². The van der Waals surface area contributed by atoms with E-state index in [0.717, 1.165) is 24.8 Å². The molecule has 0 spiro atoms. The number of alkyl halides is 1. The van der Waals surface area contributed by atoms with E-state index < -0.39 is 5.97 Å². The summed E-state index contributed by atoms with van der Waals surface area (Å²) < 4.78 is 10.3. The van der Waals surface area contributed by atoms with Gasteiger partial charge in [-0.3, -0.25) is 9.59 Å². The first kappa shape index (κ1) is 14.1. The molecule has 0 N–H and O–H groups in total. The highest BCUT2D eigenvalue weighted by Gasteiger charge is 2.25. The predicted molar refractivity (Wildman–Crippen MR) is 74.3 cm³/mol. The summed E-state index contributed by atoms with van der Waals surface area (Å²) in [5.74, 6) is 0.372.